The molecule has 1 aromatic heterocycles. The number of hydrogen-bond acceptors (Lipinski definition) is 4. The lowest BCUT2D eigenvalue weighted by Crippen LogP contribution is -2.41. The Morgan fingerprint density at radius 3 is 2.92 bits per heavy atom. The lowest BCUT2D eigenvalue weighted by atomic mass is 10.1. The normalized spacial score (nSPS) is 14.7. The largest absolute Gasteiger partial charge is 0.351 e. The van der Waals surface area contributed by atoms with Crippen LogP contribution in [0.2, 0.25) is 0 Å². The van der Waals surface area contributed by atoms with Crippen molar-refractivity contribution in [2.45, 2.75) is 33.0 Å². The van der Waals surface area contributed by atoms with Crippen LogP contribution in [0.3, 0.4) is 0 Å². The molecule has 0 radical (unpaired) electrons. The zero-order chi connectivity index (χ0) is 17.1. The number of nitrogens with one attached hydrogen (secondary N) is 1. The topological polar surface area (TPSA) is 63.1 Å². The van der Waals surface area contributed by atoms with E-state index in [4.69, 9.17) is 0 Å². The predicted molar refractivity (Wildman–Crippen MR) is 83.3 cm³/mol. The smallest absolute Gasteiger partial charge is 0.297 e. The van der Waals surface area contributed by atoms with Crippen molar-refractivity contribution in [2.75, 3.05) is 13.1 Å². The highest BCUT2D eigenvalue weighted by Crippen LogP contribution is 2.20. The lowest BCUT2D eigenvalue weighted by molar-refractivity contribution is -0.122. The highest BCUT2D eigenvalue weighted by Gasteiger charge is 2.25. The van der Waals surface area contributed by atoms with Crippen LogP contribution in [0.4, 0.5) is 8.78 Å². The zero-order valence-electron chi connectivity index (χ0n) is 13.4. The first kappa shape index (κ1) is 16.5. The predicted octanol–water partition coefficient (Wildman–Crippen LogP) is 1.66. The van der Waals surface area contributed by atoms with E-state index in [1.54, 1.807) is 0 Å². The average molecular weight is 335 g/mol. The Bertz CT molecular complexity index is 731. The second-order valence-corrected chi connectivity index (χ2v) is 5.90. The van der Waals surface area contributed by atoms with Crippen molar-refractivity contribution in [3.63, 3.8) is 0 Å². The van der Waals surface area contributed by atoms with Crippen LogP contribution in [0, 0.1) is 6.92 Å². The minimum Gasteiger partial charge on any atom is -0.351 e. The van der Waals surface area contributed by atoms with Crippen molar-refractivity contribution in [3.8, 4) is 0 Å². The number of nitrogens with zero attached hydrogens (tertiary/aromatic N) is 4. The van der Waals surface area contributed by atoms with Crippen LogP contribution in [0.25, 0.3) is 0 Å². The third-order valence-corrected chi connectivity index (χ3v) is 4.00. The van der Waals surface area contributed by atoms with Crippen molar-refractivity contribution < 1.29 is 13.6 Å². The molecule has 0 fully saturated rings. The Morgan fingerprint density at radius 1 is 1.33 bits per heavy atom. The van der Waals surface area contributed by atoms with Gasteiger partial charge in [0.15, 0.2) is 5.82 Å². The number of carbonyl (C=O) groups excluding carboxylic acids is 1. The molecule has 0 bridgehead atoms. The van der Waals surface area contributed by atoms with Gasteiger partial charge in [-0.2, -0.15) is 0 Å². The summed E-state index contributed by atoms with van der Waals surface area (Å²) < 4.78 is 27.0. The quantitative estimate of drug-likeness (QED) is 0.903. The molecule has 0 saturated heterocycles. The molecular weight excluding hydrogens is 316 g/mol. The van der Waals surface area contributed by atoms with E-state index in [1.165, 1.54) is 4.57 Å². The minimum atomic E-state index is -2.63. The molecule has 1 N–H and O–H groups in total. The third-order valence-electron chi connectivity index (χ3n) is 4.00. The second kappa shape index (κ2) is 7.04. The molecule has 3 rings (SSSR count). The highest BCUT2D eigenvalue weighted by molar-refractivity contribution is 5.78. The summed E-state index contributed by atoms with van der Waals surface area (Å²) in [5.41, 5.74) is 2.19. The summed E-state index contributed by atoms with van der Waals surface area (Å²) in [4.78, 5) is 14.0. The van der Waals surface area contributed by atoms with Crippen LogP contribution >= 0.6 is 0 Å². The summed E-state index contributed by atoms with van der Waals surface area (Å²) in [6.07, 6.45) is -2.63. The summed E-state index contributed by atoms with van der Waals surface area (Å²) >= 11 is 0. The van der Waals surface area contributed by atoms with Gasteiger partial charge in [-0.15, -0.1) is 10.2 Å². The third kappa shape index (κ3) is 3.76. The summed E-state index contributed by atoms with van der Waals surface area (Å²) in [5.74, 6) is 0.0788. The summed E-state index contributed by atoms with van der Waals surface area (Å²) in [5, 5.41) is 10.2. The van der Waals surface area contributed by atoms with E-state index in [0.717, 1.165) is 11.1 Å². The molecule has 24 heavy (non-hydrogen) atoms. The van der Waals surface area contributed by atoms with Gasteiger partial charge >= 0.3 is 0 Å². The molecule has 8 heteroatoms. The van der Waals surface area contributed by atoms with Crippen LogP contribution in [0.15, 0.2) is 24.3 Å². The number of carbonyl (C=O) groups is 1. The molecule has 1 aliphatic rings. The number of amides is 1. The van der Waals surface area contributed by atoms with Crippen LogP contribution in [0.5, 0.6) is 0 Å². The fourth-order valence-corrected chi connectivity index (χ4v) is 2.81. The maximum absolute atomic E-state index is 12.8. The van der Waals surface area contributed by atoms with Crippen molar-refractivity contribution in [2.24, 2.45) is 0 Å². The maximum Gasteiger partial charge on any atom is 0.297 e. The van der Waals surface area contributed by atoms with E-state index in [2.05, 4.69) is 15.5 Å². The molecule has 6 nitrogen and oxygen atoms in total. The Labute approximate surface area is 138 Å². The van der Waals surface area contributed by atoms with Gasteiger partial charge in [0.1, 0.15) is 5.82 Å². The van der Waals surface area contributed by atoms with Gasteiger partial charge in [-0.1, -0.05) is 29.8 Å². The van der Waals surface area contributed by atoms with Gasteiger partial charge in [0.05, 0.1) is 13.1 Å². The second-order valence-electron chi connectivity index (χ2n) is 5.90. The molecule has 0 atom stereocenters. The van der Waals surface area contributed by atoms with Gasteiger partial charge in [0.25, 0.3) is 6.43 Å². The standard InChI is InChI=1S/C16H19F2N5O/c1-11-3-2-4-12(7-11)8-19-14(24)10-22-5-6-23-13(9-22)20-21-16(23)15(17)18/h2-4,7,15H,5-6,8-10H2,1H3,(H,19,24). The molecule has 0 unspecified atom stereocenters. The summed E-state index contributed by atoms with van der Waals surface area (Å²) in [6.45, 7) is 3.92. The number of rotatable bonds is 5. The highest BCUT2D eigenvalue weighted by atomic mass is 19.3. The first-order chi connectivity index (χ1) is 11.5. The van der Waals surface area contributed by atoms with E-state index in [0.29, 0.717) is 32.0 Å². The maximum atomic E-state index is 12.8. The van der Waals surface area contributed by atoms with E-state index in [1.807, 2.05) is 36.1 Å². The van der Waals surface area contributed by atoms with Crippen LogP contribution in [-0.2, 0) is 24.4 Å². The molecule has 2 heterocycles. The fourth-order valence-electron chi connectivity index (χ4n) is 2.81. The number of hydrogen-bond donors (Lipinski definition) is 1. The number of fused-ring (bicyclic) bond motifs is 1. The molecule has 0 saturated carbocycles. The first-order valence-corrected chi connectivity index (χ1v) is 7.77. The van der Waals surface area contributed by atoms with E-state index in [-0.39, 0.29) is 18.3 Å². The number of benzene rings is 1. The molecule has 1 amide bonds. The van der Waals surface area contributed by atoms with Crippen LogP contribution < -0.4 is 5.32 Å². The molecule has 128 valence electrons. The SMILES string of the molecule is Cc1cccc(CNC(=O)CN2CCn3c(nnc3C(F)F)C2)c1. The minimum absolute atomic E-state index is 0.0986. The van der Waals surface area contributed by atoms with Crippen LogP contribution in [-0.4, -0.2) is 38.7 Å². The van der Waals surface area contributed by atoms with E-state index < -0.39 is 6.43 Å². The number of aromatic nitrogens is 3. The fraction of sp³-hybridized carbons (Fsp3) is 0.438. The van der Waals surface area contributed by atoms with Crippen molar-refractivity contribution >= 4 is 5.91 Å². The molecular formula is C16H19F2N5O. The van der Waals surface area contributed by atoms with E-state index >= 15 is 0 Å². The van der Waals surface area contributed by atoms with E-state index in [9.17, 15) is 13.6 Å². The number of aryl methyl sites for hydroxylation is 1. The van der Waals surface area contributed by atoms with Gasteiger partial charge in [0, 0.05) is 19.6 Å². The van der Waals surface area contributed by atoms with Crippen molar-refractivity contribution in [1.29, 1.82) is 0 Å². The Kier molecular flexibility index (Phi) is 4.84. The van der Waals surface area contributed by atoms with Gasteiger partial charge in [-0.25, -0.2) is 8.78 Å². The Balaban J connectivity index is 1.52. The Hall–Kier alpha value is -2.35. The molecule has 1 aliphatic heterocycles. The number of alkyl halides is 2. The van der Waals surface area contributed by atoms with Gasteiger partial charge in [0.2, 0.25) is 5.91 Å². The molecule has 2 aromatic rings. The van der Waals surface area contributed by atoms with Gasteiger partial charge < -0.3 is 9.88 Å². The zero-order valence-corrected chi connectivity index (χ0v) is 13.4. The molecule has 1 aromatic carbocycles. The van der Waals surface area contributed by atoms with Gasteiger partial charge in [-0.3, -0.25) is 9.69 Å². The van der Waals surface area contributed by atoms with Crippen molar-refractivity contribution in [3.05, 3.63) is 47.0 Å². The molecule has 0 spiro atoms. The number of halogens is 2. The lowest BCUT2D eigenvalue weighted by Gasteiger charge is -2.27. The Morgan fingerprint density at radius 2 is 2.17 bits per heavy atom. The first-order valence-electron chi connectivity index (χ1n) is 7.77. The van der Waals surface area contributed by atoms with Crippen molar-refractivity contribution in [1.82, 2.24) is 25.0 Å². The van der Waals surface area contributed by atoms with Gasteiger partial charge in [-0.05, 0) is 12.5 Å². The monoisotopic (exact) mass is 335 g/mol. The average Bonchev–Trinajstić information content (AvgIpc) is 2.96. The molecule has 0 aliphatic carbocycles. The summed E-state index contributed by atoms with van der Waals surface area (Å²) in [6, 6.07) is 7.94. The van der Waals surface area contributed by atoms with Crippen LogP contribution in [0.1, 0.15) is 29.2 Å². The summed E-state index contributed by atoms with van der Waals surface area (Å²) in [7, 11) is 0.